The van der Waals surface area contributed by atoms with Crippen LogP contribution < -0.4 is 5.32 Å². The van der Waals surface area contributed by atoms with Crippen LogP contribution in [0.3, 0.4) is 0 Å². The average Bonchev–Trinajstić information content (AvgIpc) is 3.71. The van der Waals surface area contributed by atoms with Gasteiger partial charge < -0.3 is 5.32 Å². The molecule has 0 spiro atoms. The summed E-state index contributed by atoms with van der Waals surface area (Å²) in [5.41, 5.74) is 19.0. The zero-order valence-corrected chi connectivity index (χ0v) is 34.5. The Morgan fingerprint density at radius 2 is 1.34 bits per heavy atom. The van der Waals surface area contributed by atoms with Gasteiger partial charge in [-0.3, -0.25) is 0 Å². The van der Waals surface area contributed by atoms with Crippen molar-refractivity contribution in [1.82, 2.24) is 0 Å². The molecule has 0 atom stereocenters. The smallest absolute Gasteiger partial charge is 0.0380 e. The highest BCUT2D eigenvalue weighted by molar-refractivity contribution is 6.08. The lowest BCUT2D eigenvalue weighted by molar-refractivity contribution is 0.984. The fraction of sp³-hybridized carbons (Fsp3) is 0.0667. The van der Waals surface area contributed by atoms with E-state index in [-0.39, 0.29) is 0 Å². The molecule has 1 nitrogen and oxygen atoms in total. The molecule has 1 N–H and O–H groups in total. The van der Waals surface area contributed by atoms with Crippen molar-refractivity contribution in [3.63, 3.8) is 0 Å². The maximum Gasteiger partial charge on any atom is 0.0380 e. The van der Waals surface area contributed by atoms with Gasteiger partial charge in [0.15, 0.2) is 0 Å². The van der Waals surface area contributed by atoms with Gasteiger partial charge in [0.05, 0.1) is 0 Å². The number of hydrogen-bond donors (Lipinski definition) is 1. The van der Waals surface area contributed by atoms with Crippen molar-refractivity contribution in [3.8, 4) is 22.3 Å². The molecule has 0 unspecified atom stereocenters. The SMILES string of the molecule is C/C=C\c1ccc2c(c1/C=C/c1ccc(N/C=C/C=C(\C=C/c3ccc(-c4ccc5ccc6ccccc6c5c4)cc3)c3cccc4c3-c3ccccc3C4)cc1)C=CCC2. The molecule has 0 fully saturated rings. The molecule has 61 heavy (non-hydrogen) atoms. The van der Waals surface area contributed by atoms with Gasteiger partial charge >= 0.3 is 0 Å². The lowest BCUT2D eigenvalue weighted by Crippen LogP contribution is -1.98. The van der Waals surface area contributed by atoms with Gasteiger partial charge in [0.1, 0.15) is 0 Å². The van der Waals surface area contributed by atoms with Crippen molar-refractivity contribution in [2.45, 2.75) is 26.2 Å². The molecule has 0 saturated carbocycles. The largest absolute Gasteiger partial charge is 0.362 e. The van der Waals surface area contributed by atoms with Gasteiger partial charge in [-0.2, -0.15) is 0 Å². The number of hydrogen-bond acceptors (Lipinski definition) is 1. The van der Waals surface area contributed by atoms with Crippen LogP contribution in [0.1, 0.15) is 63.4 Å². The molecule has 2 aliphatic rings. The number of allylic oxidation sites excluding steroid dienone is 6. The van der Waals surface area contributed by atoms with Crippen LogP contribution in [0.15, 0.2) is 194 Å². The van der Waals surface area contributed by atoms with Crippen LogP contribution in [0.2, 0.25) is 0 Å². The van der Waals surface area contributed by atoms with Crippen LogP contribution >= 0.6 is 0 Å². The summed E-state index contributed by atoms with van der Waals surface area (Å²) in [5.74, 6) is 0. The number of fused-ring (bicyclic) bond motifs is 7. The van der Waals surface area contributed by atoms with Gasteiger partial charge in [-0.15, -0.1) is 0 Å². The van der Waals surface area contributed by atoms with Gasteiger partial charge in [-0.05, 0) is 150 Å². The molecule has 0 heterocycles. The molecule has 2 aliphatic carbocycles. The first-order valence-electron chi connectivity index (χ1n) is 21.5. The Bertz CT molecular complexity index is 3110. The molecule has 0 aromatic heterocycles. The fourth-order valence-electron chi connectivity index (χ4n) is 9.05. The molecule has 0 saturated heterocycles. The molecule has 0 amide bonds. The summed E-state index contributed by atoms with van der Waals surface area (Å²) in [6.07, 6.45) is 27.4. The monoisotopic (exact) mass is 781 g/mol. The molecule has 1 heteroatoms. The second-order valence-electron chi connectivity index (χ2n) is 16.0. The lowest BCUT2D eigenvalue weighted by atomic mass is 9.89. The van der Waals surface area contributed by atoms with Crippen LogP contribution in [0.4, 0.5) is 5.69 Å². The number of nitrogens with one attached hydrogen (secondary N) is 1. The summed E-state index contributed by atoms with van der Waals surface area (Å²) < 4.78 is 0. The highest BCUT2D eigenvalue weighted by Gasteiger charge is 2.21. The van der Waals surface area contributed by atoms with E-state index in [4.69, 9.17) is 0 Å². The number of aryl methyl sites for hydroxylation is 1. The van der Waals surface area contributed by atoms with E-state index in [1.165, 1.54) is 88.3 Å². The molecule has 292 valence electrons. The van der Waals surface area contributed by atoms with Crippen molar-refractivity contribution in [3.05, 3.63) is 244 Å². The molecule has 8 aromatic rings. The minimum atomic E-state index is 0.965. The Balaban J connectivity index is 0.903. The molecule has 10 rings (SSSR count). The van der Waals surface area contributed by atoms with Crippen LogP contribution in [0, 0.1) is 0 Å². The first kappa shape index (κ1) is 37.8. The van der Waals surface area contributed by atoms with Gasteiger partial charge in [-0.25, -0.2) is 0 Å². The zero-order chi connectivity index (χ0) is 41.0. The van der Waals surface area contributed by atoms with Crippen LogP contribution in [0.25, 0.3) is 79.8 Å². The minimum Gasteiger partial charge on any atom is -0.362 e. The molecule has 8 aromatic carbocycles. The van der Waals surface area contributed by atoms with Crippen molar-refractivity contribution >= 4 is 63.2 Å². The Labute approximate surface area is 359 Å². The van der Waals surface area contributed by atoms with Gasteiger partial charge in [0.2, 0.25) is 0 Å². The number of anilines is 1. The summed E-state index contributed by atoms with van der Waals surface area (Å²) in [6, 6.07) is 57.6. The summed E-state index contributed by atoms with van der Waals surface area (Å²) in [6.45, 7) is 2.08. The number of benzene rings is 8. The van der Waals surface area contributed by atoms with Crippen LogP contribution in [-0.4, -0.2) is 0 Å². The Kier molecular flexibility index (Phi) is 10.5. The zero-order valence-electron chi connectivity index (χ0n) is 34.5. The van der Waals surface area contributed by atoms with E-state index in [1.807, 2.05) is 6.20 Å². The molecule has 0 radical (unpaired) electrons. The van der Waals surface area contributed by atoms with E-state index in [0.29, 0.717) is 0 Å². The number of rotatable bonds is 10. The summed E-state index contributed by atoms with van der Waals surface area (Å²) in [5, 5.41) is 8.62. The maximum atomic E-state index is 3.51. The Morgan fingerprint density at radius 1 is 0.590 bits per heavy atom. The Hall–Kier alpha value is -7.48. The van der Waals surface area contributed by atoms with Crippen molar-refractivity contribution in [2.75, 3.05) is 5.32 Å². The van der Waals surface area contributed by atoms with E-state index in [0.717, 1.165) is 36.1 Å². The quantitative estimate of drug-likeness (QED) is 0.0828. The first-order valence-corrected chi connectivity index (χ1v) is 21.5. The third-order valence-electron chi connectivity index (χ3n) is 12.2. The summed E-state index contributed by atoms with van der Waals surface area (Å²) >= 11 is 0. The topological polar surface area (TPSA) is 12.0 Å². The third kappa shape index (κ3) is 7.87. The fourth-order valence-corrected chi connectivity index (χ4v) is 9.05. The first-order chi connectivity index (χ1) is 30.2. The minimum absolute atomic E-state index is 0.965. The van der Waals surface area contributed by atoms with E-state index in [1.54, 1.807) is 0 Å². The van der Waals surface area contributed by atoms with Gasteiger partial charge in [0, 0.05) is 11.9 Å². The highest BCUT2D eigenvalue weighted by Crippen LogP contribution is 2.42. The standard InChI is InChI=1S/C60H47N/c1-2-11-45-30-31-46-12-3-6-17-54(46)56(45)38-26-43-24-36-53(37-25-43)61-39-10-16-48(57-20-9-15-52-40-51-14-5-8-19-58(51)60(52)57)29-23-42-21-27-44(28-22-42)50-35-34-49-33-32-47-13-4-7-18-55(47)59(49)41-50/h2,4-11,13-39,41,61H,3,12,40H2,1H3/b11-2-,29-23-,38-26+,39-10+,48-16+. The lowest BCUT2D eigenvalue weighted by Gasteiger charge is -2.15. The van der Waals surface area contributed by atoms with E-state index >= 15 is 0 Å². The summed E-state index contributed by atoms with van der Waals surface area (Å²) in [7, 11) is 0. The predicted octanol–water partition coefficient (Wildman–Crippen LogP) is 16.1. The van der Waals surface area contributed by atoms with Crippen LogP contribution in [0.5, 0.6) is 0 Å². The second-order valence-corrected chi connectivity index (χ2v) is 16.0. The molecular formula is C60H47N. The second kappa shape index (κ2) is 17.0. The average molecular weight is 782 g/mol. The third-order valence-corrected chi connectivity index (χ3v) is 12.2. The normalized spacial score (nSPS) is 13.6. The highest BCUT2D eigenvalue weighted by atomic mass is 14.8. The van der Waals surface area contributed by atoms with Gasteiger partial charge in [0.25, 0.3) is 0 Å². The Morgan fingerprint density at radius 3 is 2.23 bits per heavy atom. The summed E-state index contributed by atoms with van der Waals surface area (Å²) in [4.78, 5) is 0. The van der Waals surface area contributed by atoms with Crippen molar-refractivity contribution in [2.24, 2.45) is 0 Å². The molecule has 0 aliphatic heterocycles. The van der Waals surface area contributed by atoms with Crippen molar-refractivity contribution in [1.29, 1.82) is 0 Å². The molecular weight excluding hydrogens is 735 g/mol. The maximum absolute atomic E-state index is 3.51. The molecule has 0 bridgehead atoms. The van der Waals surface area contributed by atoms with Gasteiger partial charge in [-0.1, -0.05) is 194 Å². The van der Waals surface area contributed by atoms with E-state index < -0.39 is 0 Å². The van der Waals surface area contributed by atoms with Crippen molar-refractivity contribution < 1.29 is 0 Å². The van der Waals surface area contributed by atoms with E-state index in [2.05, 4.69) is 231 Å². The predicted molar refractivity (Wildman–Crippen MR) is 265 cm³/mol. The van der Waals surface area contributed by atoms with Crippen LogP contribution in [-0.2, 0) is 12.8 Å². The van der Waals surface area contributed by atoms with E-state index in [9.17, 15) is 0 Å².